The Balaban J connectivity index is 1.81. The zero-order valence-corrected chi connectivity index (χ0v) is 10.1. The van der Waals surface area contributed by atoms with Gasteiger partial charge in [-0.2, -0.15) is 0 Å². The second-order valence-electron chi connectivity index (χ2n) is 4.11. The molecule has 0 bridgehead atoms. The zero-order valence-electron chi connectivity index (χ0n) is 10.1. The summed E-state index contributed by atoms with van der Waals surface area (Å²) in [5.41, 5.74) is 1.55. The molecule has 2 aromatic carbocycles. The molecule has 0 radical (unpaired) electrons. The molecule has 0 atom stereocenters. The van der Waals surface area contributed by atoms with E-state index < -0.39 is 0 Å². The smallest absolute Gasteiger partial charge is 0.264 e. The van der Waals surface area contributed by atoms with Crippen molar-refractivity contribution in [2.24, 2.45) is 0 Å². The van der Waals surface area contributed by atoms with Gasteiger partial charge in [-0.15, -0.1) is 0 Å². The minimum absolute atomic E-state index is 0.139. The summed E-state index contributed by atoms with van der Waals surface area (Å²) in [6, 6.07) is 18.7. The molecule has 3 aromatic rings. The van der Waals surface area contributed by atoms with Gasteiger partial charge in [0.15, 0.2) is 0 Å². The molecule has 19 heavy (non-hydrogen) atoms. The van der Waals surface area contributed by atoms with Crippen molar-refractivity contribution >= 4 is 0 Å². The van der Waals surface area contributed by atoms with Crippen LogP contribution in [0.15, 0.2) is 65.5 Å². The molecule has 0 fully saturated rings. The van der Waals surface area contributed by atoms with E-state index in [9.17, 15) is 4.79 Å². The van der Waals surface area contributed by atoms with Gasteiger partial charge in [-0.1, -0.05) is 18.2 Å². The highest BCUT2D eigenvalue weighted by molar-refractivity contribution is 5.59. The Kier molecular flexibility index (Phi) is 2.90. The lowest BCUT2D eigenvalue weighted by Crippen LogP contribution is -1.93. The number of H-pyrrole nitrogens is 2. The van der Waals surface area contributed by atoms with E-state index in [4.69, 9.17) is 4.74 Å². The SMILES string of the molecule is O=c1cc(-c2ccc(Oc3ccccc3)cc2)[nH][nH]1. The van der Waals surface area contributed by atoms with Gasteiger partial charge >= 0.3 is 0 Å². The number of para-hydroxylation sites is 1. The highest BCUT2D eigenvalue weighted by atomic mass is 16.5. The highest BCUT2D eigenvalue weighted by Crippen LogP contribution is 2.24. The zero-order chi connectivity index (χ0) is 13.1. The lowest BCUT2D eigenvalue weighted by molar-refractivity contribution is 0.483. The molecule has 0 saturated heterocycles. The summed E-state index contributed by atoms with van der Waals surface area (Å²) in [6.07, 6.45) is 0. The predicted molar refractivity (Wildman–Crippen MR) is 73.4 cm³/mol. The molecule has 1 aromatic heterocycles. The van der Waals surface area contributed by atoms with Gasteiger partial charge in [0.1, 0.15) is 11.5 Å². The van der Waals surface area contributed by atoms with Crippen LogP contribution in [0, 0.1) is 0 Å². The maximum Gasteiger partial charge on any atom is 0.264 e. The maximum absolute atomic E-state index is 11.1. The number of hydrogen-bond acceptors (Lipinski definition) is 2. The molecule has 2 N–H and O–H groups in total. The van der Waals surface area contributed by atoms with Gasteiger partial charge in [-0.05, 0) is 42.0 Å². The van der Waals surface area contributed by atoms with Gasteiger partial charge in [0, 0.05) is 6.07 Å². The van der Waals surface area contributed by atoms with Crippen LogP contribution in [0.2, 0.25) is 0 Å². The summed E-state index contributed by atoms with van der Waals surface area (Å²) < 4.78 is 5.69. The van der Waals surface area contributed by atoms with E-state index in [-0.39, 0.29) is 5.56 Å². The number of hydrogen-bond donors (Lipinski definition) is 2. The van der Waals surface area contributed by atoms with Gasteiger partial charge in [0.25, 0.3) is 5.56 Å². The van der Waals surface area contributed by atoms with Crippen LogP contribution in [0.4, 0.5) is 0 Å². The predicted octanol–water partition coefficient (Wildman–Crippen LogP) is 3.16. The molecule has 0 saturated carbocycles. The van der Waals surface area contributed by atoms with E-state index in [1.165, 1.54) is 6.07 Å². The fourth-order valence-electron chi connectivity index (χ4n) is 1.81. The van der Waals surface area contributed by atoms with Gasteiger partial charge in [0.2, 0.25) is 0 Å². The second-order valence-corrected chi connectivity index (χ2v) is 4.11. The summed E-state index contributed by atoms with van der Waals surface area (Å²) >= 11 is 0. The van der Waals surface area contributed by atoms with E-state index in [2.05, 4.69) is 10.2 Å². The van der Waals surface area contributed by atoms with E-state index in [0.29, 0.717) is 0 Å². The number of aromatic amines is 2. The first-order valence-corrected chi connectivity index (χ1v) is 5.92. The van der Waals surface area contributed by atoms with Crippen LogP contribution in [0.3, 0.4) is 0 Å². The van der Waals surface area contributed by atoms with Crippen LogP contribution >= 0.6 is 0 Å². The Morgan fingerprint density at radius 3 is 2.11 bits per heavy atom. The number of ether oxygens (including phenoxy) is 1. The molecular weight excluding hydrogens is 240 g/mol. The van der Waals surface area contributed by atoms with Crippen molar-refractivity contribution in [2.75, 3.05) is 0 Å². The molecule has 94 valence electrons. The van der Waals surface area contributed by atoms with E-state index in [1.807, 2.05) is 54.6 Å². The molecule has 3 rings (SSSR count). The average molecular weight is 252 g/mol. The molecular formula is C15H12N2O2. The minimum atomic E-state index is -0.139. The van der Waals surface area contributed by atoms with E-state index in [1.54, 1.807) is 0 Å². The minimum Gasteiger partial charge on any atom is -0.457 e. The number of nitrogens with one attached hydrogen (secondary N) is 2. The first-order valence-electron chi connectivity index (χ1n) is 5.92. The summed E-state index contributed by atoms with van der Waals surface area (Å²) in [4.78, 5) is 11.1. The number of benzene rings is 2. The first-order chi connectivity index (χ1) is 9.31. The third-order valence-corrected chi connectivity index (χ3v) is 2.74. The lowest BCUT2D eigenvalue weighted by atomic mass is 10.1. The Labute approximate surface area is 109 Å². The average Bonchev–Trinajstić information content (AvgIpc) is 2.87. The monoisotopic (exact) mass is 252 g/mol. The summed E-state index contributed by atoms with van der Waals surface area (Å²) in [6.45, 7) is 0. The molecule has 0 aliphatic carbocycles. The van der Waals surface area contributed by atoms with Crippen molar-refractivity contribution in [3.05, 3.63) is 71.0 Å². The number of rotatable bonds is 3. The van der Waals surface area contributed by atoms with Gasteiger partial charge in [-0.3, -0.25) is 15.0 Å². The van der Waals surface area contributed by atoms with Crippen LogP contribution in [-0.2, 0) is 0 Å². The Morgan fingerprint density at radius 2 is 1.47 bits per heavy atom. The lowest BCUT2D eigenvalue weighted by Gasteiger charge is -2.05. The van der Waals surface area contributed by atoms with Crippen molar-refractivity contribution < 1.29 is 4.74 Å². The van der Waals surface area contributed by atoms with Crippen LogP contribution in [-0.4, -0.2) is 10.2 Å². The van der Waals surface area contributed by atoms with Crippen LogP contribution in [0.25, 0.3) is 11.3 Å². The second kappa shape index (κ2) is 4.86. The van der Waals surface area contributed by atoms with E-state index >= 15 is 0 Å². The largest absolute Gasteiger partial charge is 0.457 e. The van der Waals surface area contributed by atoms with Crippen LogP contribution < -0.4 is 10.3 Å². The molecule has 4 heteroatoms. The normalized spacial score (nSPS) is 10.3. The van der Waals surface area contributed by atoms with Crippen LogP contribution in [0.1, 0.15) is 0 Å². The summed E-state index contributed by atoms with van der Waals surface area (Å²) in [7, 11) is 0. The van der Waals surface area contributed by atoms with Crippen molar-refractivity contribution in [1.29, 1.82) is 0 Å². The van der Waals surface area contributed by atoms with Gasteiger partial charge in [-0.25, -0.2) is 0 Å². The van der Waals surface area contributed by atoms with Gasteiger partial charge in [0.05, 0.1) is 5.69 Å². The Morgan fingerprint density at radius 1 is 0.789 bits per heavy atom. The summed E-state index contributed by atoms with van der Waals surface area (Å²) in [5.74, 6) is 1.55. The first kappa shape index (κ1) is 11.3. The molecule has 0 aliphatic heterocycles. The van der Waals surface area contributed by atoms with Crippen LogP contribution in [0.5, 0.6) is 11.5 Å². The summed E-state index contributed by atoms with van der Waals surface area (Å²) in [5, 5.41) is 5.32. The molecule has 0 aliphatic rings. The maximum atomic E-state index is 11.1. The molecule has 0 amide bonds. The third kappa shape index (κ3) is 2.57. The van der Waals surface area contributed by atoms with Crippen molar-refractivity contribution in [1.82, 2.24) is 10.2 Å². The molecule has 0 spiro atoms. The highest BCUT2D eigenvalue weighted by Gasteiger charge is 2.01. The van der Waals surface area contributed by atoms with Gasteiger partial charge < -0.3 is 4.74 Å². The quantitative estimate of drug-likeness (QED) is 0.752. The third-order valence-electron chi connectivity index (χ3n) is 2.74. The molecule has 4 nitrogen and oxygen atoms in total. The molecule has 1 heterocycles. The fraction of sp³-hybridized carbons (Fsp3) is 0. The van der Waals surface area contributed by atoms with Crippen molar-refractivity contribution in [3.63, 3.8) is 0 Å². The fourth-order valence-corrected chi connectivity index (χ4v) is 1.81. The van der Waals surface area contributed by atoms with Crippen molar-refractivity contribution in [3.8, 4) is 22.8 Å². The molecule has 0 unspecified atom stereocenters. The van der Waals surface area contributed by atoms with E-state index in [0.717, 1.165) is 22.8 Å². The van der Waals surface area contributed by atoms with Crippen molar-refractivity contribution in [2.45, 2.75) is 0 Å². The standard InChI is InChI=1S/C15H12N2O2/c18-15-10-14(16-17-15)11-6-8-13(9-7-11)19-12-4-2-1-3-5-12/h1-10H,(H2,16,17,18). The Bertz CT molecular complexity index is 712. The Hall–Kier alpha value is -2.75. The topological polar surface area (TPSA) is 57.9 Å². The number of aromatic nitrogens is 2.